The van der Waals surface area contributed by atoms with Gasteiger partial charge in [-0.25, -0.2) is 0 Å². The first-order valence-corrected chi connectivity index (χ1v) is 9.80. The number of likely N-dealkylation sites (N-methyl/N-ethyl adjacent to an activating group) is 1. The summed E-state index contributed by atoms with van der Waals surface area (Å²) in [6.45, 7) is 4.89. The summed E-state index contributed by atoms with van der Waals surface area (Å²) in [7, 11) is 2.20. The molecule has 1 aromatic heterocycles. The highest BCUT2D eigenvalue weighted by molar-refractivity contribution is 6.12. The van der Waals surface area contributed by atoms with Crippen LogP contribution in [0.5, 0.6) is 0 Å². The molecule has 2 aromatic carbocycles. The Morgan fingerprint density at radius 1 is 1.08 bits per heavy atom. The molecule has 1 aliphatic carbocycles. The number of fused-ring (bicyclic) bond motifs is 1. The minimum atomic E-state index is 0.0955. The molecule has 3 heterocycles. The van der Waals surface area contributed by atoms with Gasteiger partial charge in [0.25, 0.3) is 0 Å². The smallest absolute Gasteiger partial charge is 0.134 e. The predicted molar refractivity (Wildman–Crippen MR) is 104 cm³/mol. The highest BCUT2D eigenvalue weighted by atomic mass is 16.3. The molecular weight excluding hydrogens is 320 g/mol. The standard InChI is InChI=1S/C23H24N2O/c1-23(2)14-7-5-11-18-20(14)21-16(9-6-12-19(21)26-18)25-13-24(3)17-10-4-8-15(23)22(17)25/h5-7,9,11-12,15,17,22H,4,8,10H2,1-3H3. The molecule has 26 heavy (non-hydrogen) atoms. The van der Waals surface area contributed by atoms with Gasteiger partial charge in [0.2, 0.25) is 0 Å². The van der Waals surface area contributed by atoms with Crippen LogP contribution in [0.3, 0.4) is 0 Å². The largest absolute Gasteiger partial charge is 0.458 e. The van der Waals surface area contributed by atoms with E-state index >= 15 is 0 Å². The summed E-state index contributed by atoms with van der Waals surface area (Å²) in [5, 5.41) is 2.57. The molecule has 0 bridgehead atoms. The molecule has 3 aliphatic rings. The Labute approximate surface area is 153 Å². The zero-order valence-corrected chi connectivity index (χ0v) is 15.6. The lowest BCUT2D eigenvalue weighted by atomic mass is 9.62. The molecular formula is C23H24N2O. The Balaban J connectivity index is 1.82. The second kappa shape index (κ2) is 4.70. The SMILES string of the molecule is CN1[C-]=[N+]2c3cccc4oc5cccc(c5c34)C(C)(C)C3CCCC1C32. The van der Waals surface area contributed by atoms with Gasteiger partial charge in [0.05, 0.1) is 7.05 Å². The lowest BCUT2D eigenvalue weighted by Gasteiger charge is -2.46. The average Bonchev–Trinajstić information content (AvgIpc) is 3.18. The van der Waals surface area contributed by atoms with Crippen LogP contribution >= 0.6 is 0 Å². The molecule has 3 atom stereocenters. The number of furan rings is 1. The van der Waals surface area contributed by atoms with Crippen LogP contribution in [-0.2, 0) is 5.41 Å². The minimum absolute atomic E-state index is 0.0955. The number of hydrogen-bond donors (Lipinski definition) is 0. The van der Waals surface area contributed by atoms with Gasteiger partial charge in [0, 0.05) is 11.3 Å². The van der Waals surface area contributed by atoms with Gasteiger partial charge in [-0.05, 0) is 53.4 Å². The topological polar surface area (TPSA) is 19.4 Å². The van der Waals surface area contributed by atoms with Crippen molar-refractivity contribution in [3.05, 3.63) is 42.0 Å². The van der Waals surface area contributed by atoms with Crippen molar-refractivity contribution in [1.29, 1.82) is 0 Å². The van der Waals surface area contributed by atoms with Gasteiger partial charge in [-0.3, -0.25) is 0 Å². The van der Waals surface area contributed by atoms with Gasteiger partial charge in [0.1, 0.15) is 29.6 Å². The molecule has 0 N–H and O–H groups in total. The van der Waals surface area contributed by atoms with E-state index in [4.69, 9.17) is 4.42 Å². The molecule has 6 rings (SSSR count). The fraction of sp³-hybridized carbons (Fsp3) is 0.435. The predicted octanol–water partition coefficient (Wildman–Crippen LogP) is 4.91. The van der Waals surface area contributed by atoms with E-state index in [9.17, 15) is 0 Å². The summed E-state index contributed by atoms with van der Waals surface area (Å²) < 4.78 is 8.73. The van der Waals surface area contributed by atoms with E-state index in [0.717, 1.165) is 11.2 Å². The van der Waals surface area contributed by atoms with E-state index in [-0.39, 0.29) is 5.41 Å². The number of rotatable bonds is 0. The van der Waals surface area contributed by atoms with Gasteiger partial charge < -0.3 is 13.9 Å². The summed E-state index contributed by atoms with van der Waals surface area (Å²) >= 11 is 0. The third kappa shape index (κ3) is 1.62. The highest BCUT2D eigenvalue weighted by Crippen LogP contribution is 2.52. The van der Waals surface area contributed by atoms with Crippen LogP contribution in [-0.4, -0.2) is 34.9 Å². The van der Waals surface area contributed by atoms with Gasteiger partial charge >= 0.3 is 0 Å². The van der Waals surface area contributed by atoms with Crippen LogP contribution < -0.4 is 0 Å². The van der Waals surface area contributed by atoms with Crippen molar-refractivity contribution in [3.8, 4) is 0 Å². The molecule has 3 heteroatoms. The second-order valence-electron chi connectivity index (χ2n) is 8.83. The van der Waals surface area contributed by atoms with E-state index in [1.54, 1.807) is 0 Å². The first-order chi connectivity index (χ1) is 12.6. The monoisotopic (exact) mass is 344 g/mol. The lowest BCUT2D eigenvalue weighted by Crippen LogP contribution is -2.51. The van der Waals surface area contributed by atoms with Crippen LogP contribution in [0.1, 0.15) is 38.7 Å². The van der Waals surface area contributed by atoms with Gasteiger partial charge in [0.15, 0.2) is 0 Å². The fourth-order valence-corrected chi connectivity index (χ4v) is 6.03. The summed E-state index contributed by atoms with van der Waals surface area (Å²) in [5.41, 5.74) is 4.80. The van der Waals surface area contributed by atoms with Crippen molar-refractivity contribution in [2.24, 2.45) is 5.92 Å². The molecule has 132 valence electrons. The maximum Gasteiger partial charge on any atom is 0.134 e. The van der Waals surface area contributed by atoms with Crippen molar-refractivity contribution >= 4 is 34.0 Å². The van der Waals surface area contributed by atoms with Crippen LogP contribution in [0.25, 0.3) is 21.9 Å². The van der Waals surface area contributed by atoms with Crippen molar-refractivity contribution in [1.82, 2.24) is 4.90 Å². The second-order valence-corrected chi connectivity index (χ2v) is 8.83. The molecule has 1 saturated carbocycles. The third-order valence-electron chi connectivity index (χ3n) is 7.26. The maximum absolute atomic E-state index is 6.28. The zero-order chi connectivity index (χ0) is 17.6. The Bertz CT molecular complexity index is 1090. The van der Waals surface area contributed by atoms with Gasteiger partial charge in [-0.1, -0.05) is 38.1 Å². The molecule has 3 unspecified atom stereocenters. The quantitative estimate of drug-likeness (QED) is 0.426. The molecule has 0 spiro atoms. The molecule has 0 saturated heterocycles. The Hall–Kier alpha value is -2.29. The molecule has 3 nitrogen and oxygen atoms in total. The van der Waals surface area contributed by atoms with Crippen LogP contribution in [0.2, 0.25) is 0 Å². The summed E-state index contributed by atoms with van der Waals surface area (Å²) in [4.78, 5) is 2.33. The zero-order valence-electron chi connectivity index (χ0n) is 15.6. The van der Waals surface area contributed by atoms with Crippen molar-refractivity contribution in [3.63, 3.8) is 0 Å². The molecule has 1 fully saturated rings. The third-order valence-corrected chi connectivity index (χ3v) is 7.26. The minimum Gasteiger partial charge on any atom is -0.458 e. The molecule has 0 radical (unpaired) electrons. The van der Waals surface area contributed by atoms with Gasteiger partial charge in [-0.2, -0.15) is 0 Å². The summed E-state index contributed by atoms with van der Waals surface area (Å²) in [6, 6.07) is 14.1. The highest BCUT2D eigenvalue weighted by Gasteiger charge is 2.50. The van der Waals surface area contributed by atoms with E-state index in [0.29, 0.717) is 18.0 Å². The van der Waals surface area contributed by atoms with Crippen molar-refractivity contribution < 1.29 is 8.99 Å². The van der Waals surface area contributed by atoms with Gasteiger partial charge in [-0.15, -0.1) is 0 Å². The van der Waals surface area contributed by atoms with Crippen LogP contribution in [0.4, 0.5) is 5.69 Å². The normalized spacial score (nSPS) is 29.0. The maximum atomic E-state index is 6.28. The first-order valence-electron chi connectivity index (χ1n) is 9.80. The van der Waals surface area contributed by atoms with Crippen LogP contribution in [0, 0.1) is 5.92 Å². The number of hydrogen-bond acceptors (Lipinski definition) is 2. The van der Waals surface area contributed by atoms with E-state index in [1.165, 1.54) is 41.3 Å². The molecule has 2 aliphatic heterocycles. The molecule has 3 aromatic rings. The van der Waals surface area contributed by atoms with Crippen LogP contribution in [0.15, 0.2) is 40.8 Å². The summed E-state index contributed by atoms with van der Waals surface area (Å²) in [5.74, 6) is 0.600. The Morgan fingerprint density at radius 3 is 2.69 bits per heavy atom. The average molecular weight is 344 g/mol. The Morgan fingerprint density at radius 2 is 1.85 bits per heavy atom. The fourth-order valence-electron chi connectivity index (χ4n) is 6.03. The number of nitrogens with zero attached hydrogens (tertiary/aromatic N) is 2. The number of benzene rings is 2. The van der Waals surface area contributed by atoms with E-state index in [2.05, 4.69) is 73.1 Å². The van der Waals surface area contributed by atoms with E-state index < -0.39 is 0 Å². The van der Waals surface area contributed by atoms with E-state index in [1.807, 2.05) is 0 Å². The van der Waals surface area contributed by atoms with Crippen molar-refractivity contribution in [2.45, 2.75) is 50.6 Å². The first kappa shape index (κ1) is 14.8. The Kier molecular flexibility index (Phi) is 2.68. The molecule has 0 amide bonds. The van der Waals surface area contributed by atoms with Crippen molar-refractivity contribution in [2.75, 3.05) is 7.05 Å². The summed E-state index contributed by atoms with van der Waals surface area (Å²) in [6.07, 6.45) is 7.52. The lowest BCUT2D eigenvalue weighted by molar-refractivity contribution is -0.489.